The fourth-order valence-corrected chi connectivity index (χ4v) is 7.18. The Morgan fingerprint density at radius 1 is 0.500 bits per heavy atom. The van der Waals surface area contributed by atoms with Crippen LogP contribution in [0.3, 0.4) is 0 Å². The van der Waals surface area contributed by atoms with Crippen molar-refractivity contribution >= 4 is 39.0 Å². The normalized spacial score (nSPS) is 13.8. The van der Waals surface area contributed by atoms with E-state index in [1.165, 1.54) is 0 Å². The van der Waals surface area contributed by atoms with E-state index < -0.39 is 23.9 Å². The highest BCUT2D eigenvalue weighted by molar-refractivity contribution is 6.01. The molecule has 4 aromatic heterocycles. The summed E-state index contributed by atoms with van der Waals surface area (Å²) in [7, 11) is 0. The van der Waals surface area contributed by atoms with Crippen molar-refractivity contribution in [1.29, 1.82) is 0 Å². The predicted molar refractivity (Wildman–Crippen MR) is 201 cm³/mol. The summed E-state index contributed by atoms with van der Waals surface area (Å²) in [5, 5.41) is 9.54. The van der Waals surface area contributed by atoms with Crippen molar-refractivity contribution in [3.63, 3.8) is 0 Å². The number of aromatic amines is 2. The molecule has 4 unspecified atom stereocenters. The molecule has 0 radical (unpaired) electrons. The lowest BCUT2D eigenvalue weighted by atomic mass is 9.73. The monoisotopic (exact) mass is 652 g/mol. The second-order valence-electron chi connectivity index (χ2n) is 12.5. The molecule has 8 aromatic rings. The smallest absolute Gasteiger partial charge is 0.152 e. The number of fused-ring (bicyclic) bond motifs is 2. The average molecular weight is 653 g/mol. The van der Waals surface area contributed by atoms with Gasteiger partial charge in [0.25, 0.3) is 0 Å². The van der Waals surface area contributed by atoms with Gasteiger partial charge >= 0.3 is 0 Å². The third-order valence-corrected chi connectivity index (χ3v) is 9.48. The maximum atomic E-state index is 16.2. The first-order chi connectivity index (χ1) is 24.7. The molecule has 4 N–H and O–H groups in total. The quantitative estimate of drug-likeness (QED) is 0.105. The zero-order valence-electron chi connectivity index (χ0n) is 27.3. The number of ketones is 1. The predicted octanol–water partition coefficient (Wildman–Crippen LogP) is 9.58. The zero-order chi connectivity index (χ0) is 33.7. The first kappa shape index (κ1) is 30.8. The third kappa shape index (κ3) is 6.13. The summed E-state index contributed by atoms with van der Waals surface area (Å²) in [5.74, 6) is -1.20. The van der Waals surface area contributed by atoms with Gasteiger partial charge in [-0.3, -0.25) is 14.8 Å². The number of pyridine rings is 2. The maximum Gasteiger partial charge on any atom is 0.152 e. The van der Waals surface area contributed by atoms with E-state index in [9.17, 15) is 0 Å². The number of H-pyrrole nitrogens is 2. The SMILES string of the molecule is O=C(C(c1c[nH]c2ccccc12)C(Nc1cccnc1)c1ccccc1)C(c1c[nH]c2ccccc12)C(Nc1cccnc1)c1ccccc1. The third-order valence-electron chi connectivity index (χ3n) is 9.48. The molecule has 0 aliphatic rings. The first-order valence-electron chi connectivity index (χ1n) is 16.8. The van der Waals surface area contributed by atoms with Crippen LogP contribution in [-0.2, 0) is 4.79 Å². The van der Waals surface area contributed by atoms with Crippen LogP contribution in [0.5, 0.6) is 0 Å². The molecule has 8 rings (SSSR count). The molecule has 0 aliphatic heterocycles. The van der Waals surface area contributed by atoms with Gasteiger partial charge in [0.05, 0.1) is 35.3 Å². The topological polar surface area (TPSA) is 98.5 Å². The van der Waals surface area contributed by atoms with E-state index in [-0.39, 0.29) is 5.78 Å². The standard InChI is InChI=1S/C43H36N6O/c50-43(39(35-27-46-37-21-9-7-19-33(35)37)41(29-13-3-1-4-14-29)48-31-17-11-23-44-25-31)40(36-28-47-38-22-10-8-20-34(36)38)42(30-15-5-2-6-16-30)49-32-18-12-24-45-26-32/h1-28,39-42,46-49H. The van der Waals surface area contributed by atoms with Crippen molar-refractivity contribution in [2.45, 2.75) is 23.9 Å². The molecule has 0 bridgehead atoms. The highest BCUT2D eigenvalue weighted by Crippen LogP contribution is 2.46. The molecule has 0 saturated heterocycles. The van der Waals surface area contributed by atoms with Crippen LogP contribution in [0, 0.1) is 0 Å². The molecule has 0 saturated carbocycles. The molecule has 4 aromatic carbocycles. The minimum atomic E-state index is -0.630. The summed E-state index contributed by atoms with van der Waals surface area (Å²) in [6.45, 7) is 0. The highest BCUT2D eigenvalue weighted by atomic mass is 16.1. The maximum absolute atomic E-state index is 16.2. The number of nitrogens with zero attached hydrogens (tertiary/aromatic N) is 2. The first-order valence-corrected chi connectivity index (χ1v) is 16.8. The Bertz CT molecular complexity index is 2150. The summed E-state index contributed by atoms with van der Waals surface area (Å²) < 4.78 is 0. The van der Waals surface area contributed by atoms with Gasteiger partial charge in [-0.25, -0.2) is 0 Å². The molecule has 50 heavy (non-hydrogen) atoms. The Balaban J connectivity index is 1.38. The summed E-state index contributed by atoms with van der Waals surface area (Å²) in [5.41, 5.74) is 7.45. The fourth-order valence-electron chi connectivity index (χ4n) is 7.18. The van der Waals surface area contributed by atoms with E-state index in [0.717, 1.165) is 55.4 Å². The van der Waals surface area contributed by atoms with Crippen molar-refractivity contribution in [1.82, 2.24) is 19.9 Å². The molecular formula is C43H36N6O. The summed E-state index contributed by atoms with van der Waals surface area (Å²) in [6, 6.07) is 43.8. The Hall–Kier alpha value is -6.47. The number of para-hydroxylation sites is 2. The van der Waals surface area contributed by atoms with E-state index in [4.69, 9.17) is 0 Å². The van der Waals surface area contributed by atoms with Crippen LogP contribution in [0.2, 0.25) is 0 Å². The molecular weight excluding hydrogens is 617 g/mol. The van der Waals surface area contributed by atoms with E-state index in [1.54, 1.807) is 24.8 Å². The number of hydrogen-bond donors (Lipinski definition) is 4. The highest BCUT2D eigenvalue weighted by Gasteiger charge is 2.42. The average Bonchev–Trinajstić information content (AvgIpc) is 3.81. The molecule has 0 amide bonds. The van der Waals surface area contributed by atoms with Gasteiger partial charge in [-0.05, 0) is 58.7 Å². The van der Waals surface area contributed by atoms with Crippen LogP contribution in [0.15, 0.2) is 171 Å². The van der Waals surface area contributed by atoms with Crippen LogP contribution in [-0.4, -0.2) is 25.7 Å². The van der Waals surface area contributed by atoms with Crippen molar-refractivity contribution < 1.29 is 4.79 Å². The number of carbonyl (C=O) groups excluding carboxylic acids is 1. The van der Waals surface area contributed by atoms with E-state index in [0.29, 0.717) is 0 Å². The van der Waals surface area contributed by atoms with Gasteiger partial charge in [0.15, 0.2) is 5.78 Å². The Kier molecular flexibility index (Phi) is 8.60. The van der Waals surface area contributed by atoms with Crippen LogP contribution >= 0.6 is 0 Å². The molecule has 7 nitrogen and oxygen atoms in total. The molecule has 4 atom stereocenters. The van der Waals surface area contributed by atoms with Gasteiger partial charge in [-0.2, -0.15) is 0 Å². The Morgan fingerprint density at radius 2 is 0.920 bits per heavy atom. The number of Topliss-reactive ketones (excluding diaryl/α,β-unsaturated/α-hetero) is 1. The molecule has 7 heteroatoms. The summed E-state index contributed by atoms with van der Waals surface area (Å²) in [4.78, 5) is 31.9. The lowest BCUT2D eigenvalue weighted by Crippen LogP contribution is -2.34. The number of benzene rings is 4. The van der Waals surface area contributed by atoms with E-state index in [1.807, 2.05) is 97.3 Å². The number of nitrogens with one attached hydrogen (secondary N) is 4. The zero-order valence-corrected chi connectivity index (χ0v) is 27.3. The Labute approximate surface area is 290 Å². The second-order valence-corrected chi connectivity index (χ2v) is 12.5. The minimum absolute atomic E-state index is 0.0648. The molecule has 0 aliphatic carbocycles. The number of rotatable bonds is 12. The van der Waals surface area contributed by atoms with Crippen molar-refractivity contribution in [3.8, 4) is 0 Å². The second kappa shape index (κ2) is 13.9. The molecule has 0 fully saturated rings. The summed E-state index contributed by atoms with van der Waals surface area (Å²) in [6.07, 6.45) is 11.1. The molecule has 0 spiro atoms. The van der Waals surface area contributed by atoms with Gasteiger partial charge in [0.1, 0.15) is 0 Å². The molecule has 244 valence electrons. The number of hydrogen-bond acceptors (Lipinski definition) is 5. The van der Waals surface area contributed by atoms with Crippen LogP contribution < -0.4 is 10.6 Å². The van der Waals surface area contributed by atoms with Crippen LogP contribution in [0.4, 0.5) is 11.4 Å². The van der Waals surface area contributed by atoms with Gasteiger partial charge in [-0.1, -0.05) is 97.1 Å². The number of carbonyl (C=O) groups is 1. The van der Waals surface area contributed by atoms with Gasteiger partial charge in [-0.15, -0.1) is 0 Å². The Morgan fingerprint density at radius 3 is 1.34 bits per heavy atom. The minimum Gasteiger partial charge on any atom is -0.376 e. The van der Waals surface area contributed by atoms with Gasteiger partial charge in [0, 0.05) is 59.0 Å². The van der Waals surface area contributed by atoms with E-state index >= 15 is 4.79 Å². The van der Waals surface area contributed by atoms with Gasteiger partial charge < -0.3 is 20.6 Å². The molecule has 4 heterocycles. The number of anilines is 2. The van der Waals surface area contributed by atoms with Crippen LogP contribution in [0.25, 0.3) is 21.8 Å². The lowest BCUT2D eigenvalue weighted by molar-refractivity contribution is -0.122. The van der Waals surface area contributed by atoms with Crippen molar-refractivity contribution in [2.24, 2.45) is 0 Å². The van der Waals surface area contributed by atoms with E-state index in [2.05, 4.69) is 79.1 Å². The van der Waals surface area contributed by atoms with Crippen molar-refractivity contribution in [2.75, 3.05) is 10.6 Å². The summed E-state index contributed by atoms with van der Waals surface area (Å²) >= 11 is 0. The van der Waals surface area contributed by atoms with Gasteiger partial charge in [0.2, 0.25) is 0 Å². The number of aromatic nitrogens is 4. The fraction of sp³-hybridized carbons (Fsp3) is 0.0930. The van der Waals surface area contributed by atoms with Crippen molar-refractivity contribution in [3.05, 3.63) is 193 Å². The lowest BCUT2D eigenvalue weighted by Gasteiger charge is -2.35. The largest absolute Gasteiger partial charge is 0.376 e. The van der Waals surface area contributed by atoms with Crippen LogP contribution in [0.1, 0.15) is 46.2 Å².